The van der Waals surface area contributed by atoms with Gasteiger partial charge < -0.3 is 4.90 Å². The summed E-state index contributed by atoms with van der Waals surface area (Å²) in [7, 11) is 4.06. The van der Waals surface area contributed by atoms with Gasteiger partial charge in [0, 0.05) is 25.5 Å². The van der Waals surface area contributed by atoms with Gasteiger partial charge in [0.25, 0.3) is 0 Å². The molecule has 1 aromatic heterocycles. The van der Waals surface area contributed by atoms with E-state index in [4.69, 9.17) is 0 Å². The summed E-state index contributed by atoms with van der Waals surface area (Å²) in [6.45, 7) is 2.91. The molecule has 0 radical (unpaired) electrons. The lowest BCUT2D eigenvalue weighted by Crippen LogP contribution is -2.16. The van der Waals surface area contributed by atoms with Gasteiger partial charge in [-0.1, -0.05) is 18.2 Å². The number of hydrogen-bond acceptors (Lipinski definition) is 2. The highest BCUT2D eigenvalue weighted by molar-refractivity contribution is 5.45. The summed E-state index contributed by atoms with van der Waals surface area (Å²) < 4.78 is 1.91. The van der Waals surface area contributed by atoms with Crippen LogP contribution < -0.4 is 4.90 Å². The minimum Gasteiger partial charge on any atom is -0.369 e. The second-order valence-corrected chi connectivity index (χ2v) is 4.09. The van der Waals surface area contributed by atoms with E-state index in [0.29, 0.717) is 0 Å². The Morgan fingerprint density at radius 1 is 1.25 bits per heavy atom. The average molecular weight is 215 g/mol. The Kier molecular flexibility index (Phi) is 2.95. The van der Waals surface area contributed by atoms with Crippen LogP contribution in [0.2, 0.25) is 0 Å². The van der Waals surface area contributed by atoms with Gasteiger partial charge in [0.05, 0.1) is 12.2 Å². The number of anilines is 1. The molecule has 0 atom stereocenters. The Morgan fingerprint density at radius 3 is 2.50 bits per heavy atom. The van der Waals surface area contributed by atoms with Gasteiger partial charge in [0.15, 0.2) is 0 Å². The number of aromatic nitrogens is 2. The second kappa shape index (κ2) is 4.39. The van der Waals surface area contributed by atoms with E-state index >= 15 is 0 Å². The van der Waals surface area contributed by atoms with Gasteiger partial charge in [-0.05, 0) is 25.1 Å². The highest BCUT2D eigenvalue weighted by Crippen LogP contribution is 2.14. The fraction of sp³-hybridized carbons (Fsp3) is 0.308. The van der Waals surface area contributed by atoms with Crippen LogP contribution >= 0.6 is 0 Å². The average Bonchev–Trinajstić information content (AvgIpc) is 2.59. The predicted molar refractivity (Wildman–Crippen MR) is 66.5 cm³/mol. The van der Waals surface area contributed by atoms with Crippen molar-refractivity contribution >= 4 is 5.69 Å². The van der Waals surface area contributed by atoms with Crippen LogP contribution in [-0.4, -0.2) is 16.8 Å². The van der Waals surface area contributed by atoms with Gasteiger partial charge >= 0.3 is 0 Å². The van der Waals surface area contributed by atoms with Gasteiger partial charge in [-0.25, -0.2) is 0 Å². The Balaban J connectivity index is 2.11. The van der Waals surface area contributed by atoms with Crippen LogP contribution in [0.3, 0.4) is 0 Å². The normalized spacial score (nSPS) is 10.4. The molecule has 84 valence electrons. The molecule has 0 saturated carbocycles. The highest BCUT2D eigenvalue weighted by Gasteiger charge is 2.05. The van der Waals surface area contributed by atoms with E-state index in [1.54, 1.807) is 0 Å². The van der Waals surface area contributed by atoms with Crippen LogP contribution in [0, 0.1) is 6.92 Å². The van der Waals surface area contributed by atoms with Gasteiger partial charge in [-0.15, -0.1) is 0 Å². The number of hydrogen-bond donors (Lipinski definition) is 0. The molecule has 0 aliphatic rings. The maximum absolute atomic E-state index is 4.45. The maximum Gasteiger partial charge on any atom is 0.0820 e. The van der Waals surface area contributed by atoms with Crippen molar-refractivity contribution in [2.45, 2.75) is 13.5 Å². The van der Waals surface area contributed by atoms with E-state index in [2.05, 4.69) is 54.3 Å². The number of nitrogens with zero attached hydrogens (tertiary/aromatic N) is 3. The molecule has 1 aromatic carbocycles. The van der Waals surface area contributed by atoms with Gasteiger partial charge in [-0.2, -0.15) is 5.10 Å². The van der Waals surface area contributed by atoms with Crippen LogP contribution in [0.25, 0.3) is 0 Å². The van der Waals surface area contributed by atoms with Crippen LogP contribution in [0.5, 0.6) is 0 Å². The fourth-order valence-corrected chi connectivity index (χ4v) is 1.73. The largest absolute Gasteiger partial charge is 0.369 e. The SMILES string of the molecule is Cc1cc(CN(C)c2ccccc2)nn1C. The third-order valence-corrected chi connectivity index (χ3v) is 2.76. The van der Waals surface area contributed by atoms with Crippen molar-refractivity contribution in [2.75, 3.05) is 11.9 Å². The summed E-state index contributed by atoms with van der Waals surface area (Å²) in [5.41, 5.74) is 3.51. The lowest BCUT2D eigenvalue weighted by atomic mass is 10.3. The first-order chi connectivity index (χ1) is 7.66. The van der Waals surface area contributed by atoms with Gasteiger partial charge in [0.1, 0.15) is 0 Å². The first kappa shape index (κ1) is 10.7. The van der Waals surface area contributed by atoms with E-state index in [-0.39, 0.29) is 0 Å². The van der Waals surface area contributed by atoms with Crippen molar-refractivity contribution in [2.24, 2.45) is 7.05 Å². The molecule has 0 amide bonds. The molecule has 0 bridgehead atoms. The fourth-order valence-electron chi connectivity index (χ4n) is 1.73. The Morgan fingerprint density at radius 2 is 1.94 bits per heavy atom. The molecule has 3 heteroatoms. The number of para-hydroxylation sites is 1. The summed E-state index contributed by atoms with van der Waals surface area (Å²) in [6, 6.07) is 12.5. The summed E-state index contributed by atoms with van der Waals surface area (Å²) in [4.78, 5) is 2.20. The molecule has 1 heterocycles. The van der Waals surface area contributed by atoms with E-state index in [9.17, 15) is 0 Å². The zero-order chi connectivity index (χ0) is 11.5. The lowest BCUT2D eigenvalue weighted by Gasteiger charge is -2.17. The van der Waals surface area contributed by atoms with Gasteiger partial charge in [-0.3, -0.25) is 4.68 Å². The molecule has 0 aliphatic heterocycles. The Hall–Kier alpha value is -1.77. The van der Waals surface area contributed by atoms with Crippen molar-refractivity contribution in [1.82, 2.24) is 9.78 Å². The highest BCUT2D eigenvalue weighted by atomic mass is 15.3. The van der Waals surface area contributed by atoms with E-state index in [1.807, 2.05) is 17.8 Å². The minimum absolute atomic E-state index is 0.839. The maximum atomic E-state index is 4.45. The first-order valence-electron chi connectivity index (χ1n) is 5.42. The van der Waals surface area contributed by atoms with Crippen molar-refractivity contribution in [3.8, 4) is 0 Å². The number of aryl methyl sites for hydroxylation is 2. The molecule has 2 rings (SSSR count). The molecule has 0 spiro atoms. The van der Waals surface area contributed by atoms with Crippen LogP contribution in [0.15, 0.2) is 36.4 Å². The predicted octanol–water partition coefficient (Wildman–Crippen LogP) is 2.36. The van der Waals surface area contributed by atoms with Crippen molar-refractivity contribution in [1.29, 1.82) is 0 Å². The van der Waals surface area contributed by atoms with Crippen LogP contribution in [-0.2, 0) is 13.6 Å². The quantitative estimate of drug-likeness (QED) is 0.783. The summed E-state index contributed by atoms with van der Waals surface area (Å²) in [5, 5.41) is 4.45. The molecule has 16 heavy (non-hydrogen) atoms. The minimum atomic E-state index is 0.839. The van der Waals surface area contributed by atoms with Crippen molar-refractivity contribution in [3.05, 3.63) is 47.8 Å². The summed E-state index contributed by atoms with van der Waals surface area (Å²) >= 11 is 0. The number of rotatable bonds is 3. The van der Waals surface area contributed by atoms with Crippen LogP contribution in [0.4, 0.5) is 5.69 Å². The first-order valence-corrected chi connectivity index (χ1v) is 5.42. The number of benzene rings is 1. The van der Waals surface area contributed by atoms with E-state index in [1.165, 1.54) is 11.4 Å². The summed E-state index contributed by atoms with van der Waals surface area (Å²) in [5.74, 6) is 0. The molecule has 0 aliphatic carbocycles. The van der Waals surface area contributed by atoms with Gasteiger partial charge in [0.2, 0.25) is 0 Å². The molecule has 0 fully saturated rings. The van der Waals surface area contributed by atoms with Crippen LogP contribution in [0.1, 0.15) is 11.4 Å². The molecule has 2 aromatic rings. The zero-order valence-electron chi connectivity index (χ0n) is 10.0. The van der Waals surface area contributed by atoms with Crippen molar-refractivity contribution < 1.29 is 0 Å². The molecule has 0 N–H and O–H groups in total. The van der Waals surface area contributed by atoms with E-state index in [0.717, 1.165) is 12.2 Å². The monoisotopic (exact) mass is 215 g/mol. The molecule has 0 saturated heterocycles. The molecule has 0 unspecified atom stereocenters. The molecular formula is C13H17N3. The lowest BCUT2D eigenvalue weighted by molar-refractivity contribution is 0.715. The topological polar surface area (TPSA) is 21.1 Å². The Bertz CT molecular complexity index is 440. The zero-order valence-corrected chi connectivity index (χ0v) is 10.0. The third-order valence-electron chi connectivity index (χ3n) is 2.76. The smallest absolute Gasteiger partial charge is 0.0820 e. The van der Waals surface area contributed by atoms with E-state index < -0.39 is 0 Å². The molecule has 3 nitrogen and oxygen atoms in total. The second-order valence-electron chi connectivity index (χ2n) is 4.09. The third kappa shape index (κ3) is 2.24. The summed E-state index contributed by atoms with van der Waals surface area (Å²) in [6.07, 6.45) is 0. The Labute approximate surface area is 96.3 Å². The van der Waals surface area contributed by atoms with Crippen molar-refractivity contribution in [3.63, 3.8) is 0 Å². The standard InChI is InChI=1S/C13H17N3/c1-11-9-12(14-16(11)3)10-15(2)13-7-5-4-6-8-13/h4-9H,10H2,1-3H3. The molecular weight excluding hydrogens is 198 g/mol.